The van der Waals surface area contributed by atoms with E-state index in [2.05, 4.69) is 0 Å². The van der Waals surface area contributed by atoms with Crippen LogP contribution in [0.1, 0.15) is 16.7 Å². The second-order valence-electron chi connectivity index (χ2n) is 6.09. The van der Waals surface area contributed by atoms with E-state index in [1.807, 2.05) is 0 Å². The van der Waals surface area contributed by atoms with Crippen LogP contribution in [0, 0.1) is 19.7 Å². The molecule has 8 heteroatoms. The molecule has 0 saturated heterocycles. The smallest absolute Gasteiger partial charge is 0.430 e. The summed E-state index contributed by atoms with van der Waals surface area (Å²) in [6.07, 6.45) is -6.59. The third-order valence-electron chi connectivity index (χ3n) is 4.07. The number of hydrogen-bond acceptors (Lipinski definition) is 3. The quantitative estimate of drug-likeness (QED) is 0.757. The zero-order valence-corrected chi connectivity index (χ0v) is 14.2. The van der Waals surface area contributed by atoms with Gasteiger partial charge in [0.2, 0.25) is 6.10 Å². The molecule has 2 aromatic carbocycles. The molecule has 0 radical (unpaired) electrons. The van der Waals surface area contributed by atoms with E-state index in [0.717, 1.165) is 11.6 Å². The van der Waals surface area contributed by atoms with E-state index >= 15 is 0 Å². The van der Waals surface area contributed by atoms with Crippen molar-refractivity contribution >= 4 is 12.0 Å². The fourth-order valence-electron chi connectivity index (χ4n) is 2.72. The van der Waals surface area contributed by atoms with Crippen LogP contribution in [0.3, 0.4) is 0 Å². The Kier molecular flexibility index (Phi) is 4.59. The van der Waals surface area contributed by atoms with E-state index in [1.165, 1.54) is 31.2 Å². The molecule has 142 valence electrons. The summed E-state index contributed by atoms with van der Waals surface area (Å²) >= 11 is 0. The van der Waals surface area contributed by atoms with Crippen LogP contribution in [-0.2, 0) is 4.79 Å². The number of carboxylic acids is 1. The number of halogens is 4. The number of hydrogen-bond donors (Lipinski definition) is 1. The molecule has 1 atom stereocenters. The predicted octanol–water partition coefficient (Wildman–Crippen LogP) is 5.03. The first-order valence-corrected chi connectivity index (χ1v) is 7.84. The summed E-state index contributed by atoms with van der Waals surface area (Å²) in [4.78, 5) is 11.2. The van der Waals surface area contributed by atoms with Gasteiger partial charge in [-0.25, -0.2) is 9.18 Å². The average Bonchev–Trinajstić information content (AvgIpc) is 2.58. The minimum atomic E-state index is -4.91. The fourth-order valence-corrected chi connectivity index (χ4v) is 2.72. The highest BCUT2D eigenvalue weighted by atomic mass is 19.4. The molecule has 1 heterocycles. The molecule has 2 aromatic rings. The molecule has 0 aliphatic carbocycles. The molecule has 3 rings (SSSR count). The first-order valence-electron chi connectivity index (χ1n) is 7.84. The third-order valence-corrected chi connectivity index (χ3v) is 4.07. The Bertz CT molecular complexity index is 947. The number of aryl methyl sites for hydroxylation is 1. The molecule has 0 spiro atoms. The van der Waals surface area contributed by atoms with Gasteiger partial charge in [-0.1, -0.05) is 6.07 Å². The van der Waals surface area contributed by atoms with Crippen molar-refractivity contribution < 1.29 is 36.9 Å². The molecular weight excluding hydrogens is 368 g/mol. The summed E-state index contributed by atoms with van der Waals surface area (Å²) in [5.74, 6) is -2.48. The lowest BCUT2D eigenvalue weighted by Gasteiger charge is -2.28. The normalized spacial score (nSPS) is 16.2. The molecule has 0 saturated carbocycles. The van der Waals surface area contributed by atoms with Crippen LogP contribution in [0.4, 0.5) is 17.6 Å². The average molecular weight is 382 g/mol. The van der Waals surface area contributed by atoms with Crippen molar-refractivity contribution in [1.29, 1.82) is 0 Å². The molecule has 0 aromatic heterocycles. The predicted molar refractivity (Wildman–Crippen MR) is 88.5 cm³/mol. The van der Waals surface area contributed by atoms with Crippen molar-refractivity contribution in [3.05, 3.63) is 58.4 Å². The Labute approximate surface area is 151 Å². The summed E-state index contributed by atoms with van der Waals surface area (Å²) in [5, 5.41) is 9.06. The first-order chi connectivity index (χ1) is 12.6. The van der Waals surface area contributed by atoms with Crippen molar-refractivity contribution in [3.8, 4) is 17.2 Å². The van der Waals surface area contributed by atoms with Crippen molar-refractivity contribution in [1.82, 2.24) is 0 Å². The van der Waals surface area contributed by atoms with Gasteiger partial charge < -0.3 is 14.6 Å². The fraction of sp³-hybridized carbons (Fsp3) is 0.211. The maximum atomic E-state index is 13.9. The Morgan fingerprint density at radius 1 is 1.15 bits per heavy atom. The zero-order valence-electron chi connectivity index (χ0n) is 14.2. The Morgan fingerprint density at radius 2 is 1.85 bits per heavy atom. The van der Waals surface area contributed by atoms with Gasteiger partial charge in [-0.05, 0) is 49.8 Å². The van der Waals surface area contributed by atoms with Gasteiger partial charge in [-0.15, -0.1) is 0 Å². The Hall–Kier alpha value is -3.03. The third kappa shape index (κ3) is 3.60. The zero-order chi connectivity index (χ0) is 19.9. The number of aliphatic carboxylic acids is 1. The van der Waals surface area contributed by atoms with Gasteiger partial charge in [0.1, 0.15) is 11.5 Å². The molecule has 1 N–H and O–H groups in total. The van der Waals surface area contributed by atoms with Gasteiger partial charge in [-0.3, -0.25) is 0 Å². The van der Waals surface area contributed by atoms with Gasteiger partial charge >= 0.3 is 12.1 Å². The summed E-state index contributed by atoms with van der Waals surface area (Å²) in [6.45, 7) is 3.19. The van der Waals surface area contributed by atoms with Gasteiger partial charge in [-0.2, -0.15) is 13.2 Å². The molecule has 0 amide bonds. The standard InChI is InChI=1S/C19H14F4O4/c1-9-3-5-13(20)15(7-9)26-14-6-4-11-8-12(18(24)25)17(19(21,22)23)27-16(11)10(14)2/h3-8,17H,1-2H3,(H,24,25). The molecule has 27 heavy (non-hydrogen) atoms. The van der Waals surface area contributed by atoms with Crippen LogP contribution < -0.4 is 9.47 Å². The van der Waals surface area contributed by atoms with Gasteiger partial charge in [0.25, 0.3) is 0 Å². The van der Waals surface area contributed by atoms with Crippen LogP contribution >= 0.6 is 0 Å². The van der Waals surface area contributed by atoms with Crippen LogP contribution in [-0.4, -0.2) is 23.4 Å². The second kappa shape index (κ2) is 6.61. The summed E-state index contributed by atoms with van der Waals surface area (Å²) in [5.41, 5.74) is 0.197. The van der Waals surface area contributed by atoms with Gasteiger partial charge in [0.05, 0.1) is 5.57 Å². The lowest BCUT2D eigenvalue weighted by Crippen LogP contribution is -2.40. The summed E-state index contributed by atoms with van der Waals surface area (Å²) in [7, 11) is 0. The molecule has 1 unspecified atom stereocenters. The minimum absolute atomic E-state index is 0.0806. The monoisotopic (exact) mass is 382 g/mol. The van der Waals surface area contributed by atoms with Crippen molar-refractivity contribution in [3.63, 3.8) is 0 Å². The minimum Gasteiger partial charge on any atom is -0.478 e. The highest BCUT2D eigenvalue weighted by Crippen LogP contribution is 2.42. The Balaban J connectivity index is 2.05. The van der Waals surface area contributed by atoms with Gasteiger partial charge in [0, 0.05) is 11.1 Å². The summed E-state index contributed by atoms with van der Waals surface area (Å²) < 4.78 is 64.0. The van der Waals surface area contributed by atoms with E-state index in [0.29, 0.717) is 0 Å². The number of benzene rings is 2. The lowest BCUT2D eigenvalue weighted by molar-refractivity contribution is -0.187. The molecule has 1 aliphatic rings. The van der Waals surface area contributed by atoms with E-state index in [-0.39, 0.29) is 28.4 Å². The van der Waals surface area contributed by atoms with Crippen LogP contribution in [0.5, 0.6) is 17.2 Å². The SMILES string of the molecule is Cc1ccc(F)c(Oc2ccc3c(c2C)OC(C(F)(F)F)C(C(=O)O)=C3)c1. The van der Waals surface area contributed by atoms with Crippen molar-refractivity contribution in [2.24, 2.45) is 0 Å². The number of carbonyl (C=O) groups is 1. The summed E-state index contributed by atoms with van der Waals surface area (Å²) in [6, 6.07) is 7.01. The molecule has 4 nitrogen and oxygen atoms in total. The van der Waals surface area contributed by atoms with E-state index in [1.54, 1.807) is 13.0 Å². The highest BCUT2D eigenvalue weighted by molar-refractivity contribution is 5.95. The van der Waals surface area contributed by atoms with Crippen LogP contribution in [0.15, 0.2) is 35.9 Å². The Morgan fingerprint density at radius 3 is 2.48 bits per heavy atom. The number of rotatable bonds is 3. The van der Waals surface area contributed by atoms with Crippen LogP contribution in [0.2, 0.25) is 0 Å². The number of alkyl halides is 3. The van der Waals surface area contributed by atoms with E-state index in [4.69, 9.17) is 14.6 Å². The molecule has 0 fully saturated rings. The second-order valence-corrected chi connectivity index (χ2v) is 6.09. The number of fused-ring (bicyclic) bond motifs is 1. The first kappa shape index (κ1) is 18.8. The van der Waals surface area contributed by atoms with E-state index in [9.17, 15) is 22.4 Å². The maximum Gasteiger partial charge on any atom is 0.430 e. The maximum absolute atomic E-state index is 13.9. The van der Waals surface area contributed by atoms with Crippen molar-refractivity contribution in [2.75, 3.05) is 0 Å². The number of carboxylic acid groups (broad SMARTS) is 1. The topological polar surface area (TPSA) is 55.8 Å². The van der Waals surface area contributed by atoms with Gasteiger partial charge in [0.15, 0.2) is 11.6 Å². The molecule has 0 bridgehead atoms. The van der Waals surface area contributed by atoms with Crippen LogP contribution in [0.25, 0.3) is 6.08 Å². The highest BCUT2D eigenvalue weighted by Gasteiger charge is 2.48. The molecular formula is C19H14F4O4. The largest absolute Gasteiger partial charge is 0.478 e. The van der Waals surface area contributed by atoms with E-state index < -0.39 is 29.6 Å². The lowest BCUT2D eigenvalue weighted by atomic mass is 9.99. The number of ether oxygens (including phenoxy) is 2. The van der Waals surface area contributed by atoms with Crippen molar-refractivity contribution in [2.45, 2.75) is 26.1 Å². The molecule has 1 aliphatic heterocycles.